The quantitative estimate of drug-likeness (QED) is 0.367. The Morgan fingerprint density at radius 2 is 2.06 bits per heavy atom. The van der Waals surface area contributed by atoms with Crippen molar-refractivity contribution in [2.75, 3.05) is 11.5 Å². The van der Waals surface area contributed by atoms with E-state index in [9.17, 15) is 9.18 Å². The lowest BCUT2D eigenvalue weighted by Crippen LogP contribution is -2.40. The van der Waals surface area contributed by atoms with Crippen LogP contribution in [0.5, 0.6) is 0 Å². The Hall–Kier alpha value is -1.54. The maximum atomic E-state index is 15.6. The van der Waals surface area contributed by atoms with Crippen molar-refractivity contribution in [1.82, 2.24) is 9.55 Å². The molecule has 3 heterocycles. The fraction of sp³-hybridized carbons (Fsp3) is 0.565. The van der Waals surface area contributed by atoms with E-state index in [0.29, 0.717) is 18.0 Å². The minimum absolute atomic E-state index is 0.00178. The smallest absolute Gasteiger partial charge is 0.302 e. The van der Waals surface area contributed by atoms with E-state index in [2.05, 4.69) is 11.6 Å². The van der Waals surface area contributed by atoms with Crippen molar-refractivity contribution in [3.8, 4) is 0 Å². The molecule has 168 valence electrons. The first-order valence-electron chi connectivity index (χ1n) is 10.8. The summed E-state index contributed by atoms with van der Waals surface area (Å²) in [5.74, 6) is 1.22. The van der Waals surface area contributed by atoms with Gasteiger partial charge in [-0.05, 0) is 62.0 Å². The van der Waals surface area contributed by atoms with Crippen LogP contribution >= 0.6 is 23.5 Å². The lowest BCUT2D eigenvalue weighted by molar-refractivity contribution is -0.148. The van der Waals surface area contributed by atoms with Crippen LogP contribution in [-0.2, 0) is 9.53 Å². The number of allylic oxidation sites excluding steroid dienone is 5. The lowest BCUT2D eigenvalue weighted by Gasteiger charge is -2.46. The van der Waals surface area contributed by atoms with E-state index in [1.54, 1.807) is 10.9 Å². The van der Waals surface area contributed by atoms with Crippen molar-refractivity contribution in [2.24, 2.45) is 5.92 Å². The van der Waals surface area contributed by atoms with Gasteiger partial charge in [0.1, 0.15) is 17.8 Å². The first-order chi connectivity index (χ1) is 14.9. The second-order valence-corrected chi connectivity index (χ2v) is 11.4. The number of carbonyl (C=O) groups excluding carboxylic acids is 1. The molecule has 8 heteroatoms. The summed E-state index contributed by atoms with van der Waals surface area (Å²) in [4.78, 5) is 15.5. The largest absolute Gasteiger partial charge is 0.463 e. The zero-order chi connectivity index (χ0) is 22.0. The maximum absolute atomic E-state index is 15.6. The first-order valence-corrected chi connectivity index (χ1v) is 12.8. The number of carbonyl (C=O) groups is 1. The third-order valence-corrected chi connectivity index (χ3v) is 10.1. The van der Waals surface area contributed by atoms with E-state index in [1.807, 2.05) is 23.5 Å². The van der Waals surface area contributed by atoms with Gasteiger partial charge >= 0.3 is 5.97 Å². The molecule has 1 saturated heterocycles. The Morgan fingerprint density at radius 3 is 2.71 bits per heavy atom. The number of halogens is 2. The summed E-state index contributed by atoms with van der Waals surface area (Å²) in [6, 6.07) is -0.555. The van der Waals surface area contributed by atoms with Gasteiger partial charge in [0, 0.05) is 6.92 Å². The van der Waals surface area contributed by atoms with Crippen molar-refractivity contribution in [1.29, 1.82) is 0 Å². The van der Waals surface area contributed by atoms with Crippen molar-refractivity contribution in [3.63, 3.8) is 0 Å². The number of rotatable bonds is 6. The normalized spacial score (nSPS) is 28.4. The van der Waals surface area contributed by atoms with E-state index in [1.165, 1.54) is 25.3 Å². The molecule has 1 aliphatic carbocycles. The Kier molecular flexibility index (Phi) is 6.96. The molecule has 1 unspecified atom stereocenters. The molecule has 1 atom stereocenters. The van der Waals surface area contributed by atoms with Crippen LogP contribution < -0.4 is 0 Å². The first kappa shape index (κ1) is 22.6. The number of hydrogen-bond donors (Lipinski definition) is 0. The van der Waals surface area contributed by atoms with Gasteiger partial charge in [-0.25, -0.2) is 13.8 Å². The molecule has 1 aromatic rings. The van der Waals surface area contributed by atoms with Crippen molar-refractivity contribution < 1.29 is 18.3 Å². The second kappa shape index (κ2) is 9.53. The van der Waals surface area contributed by atoms with E-state index >= 15 is 4.39 Å². The Morgan fingerprint density at radius 1 is 1.35 bits per heavy atom. The zero-order valence-electron chi connectivity index (χ0n) is 17.7. The highest BCUT2D eigenvalue weighted by Gasteiger charge is 2.47. The number of fused-ring (bicyclic) bond motifs is 1. The molecule has 0 spiro atoms. The molecule has 0 radical (unpaired) electrons. The summed E-state index contributed by atoms with van der Waals surface area (Å²) < 4.78 is 37.3. The van der Waals surface area contributed by atoms with E-state index in [0.717, 1.165) is 43.6 Å². The van der Waals surface area contributed by atoms with Crippen LogP contribution in [0.1, 0.15) is 57.2 Å². The number of aromatic nitrogens is 2. The van der Waals surface area contributed by atoms with Crippen LogP contribution in [-0.4, -0.2) is 37.2 Å². The fourth-order valence-electron chi connectivity index (χ4n) is 5.00. The Labute approximate surface area is 190 Å². The molecule has 0 N–H and O–H groups in total. The topological polar surface area (TPSA) is 44.1 Å². The molecule has 0 aromatic carbocycles. The Balaban J connectivity index is 1.60. The maximum Gasteiger partial charge on any atom is 0.302 e. The zero-order valence-corrected chi connectivity index (χ0v) is 19.3. The van der Waals surface area contributed by atoms with Gasteiger partial charge in [-0.15, -0.1) is 23.5 Å². The van der Waals surface area contributed by atoms with Crippen LogP contribution in [0.15, 0.2) is 42.9 Å². The molecular weight excluding hydrogens is 438 g/mol. The monoisotopic (exact) mass is 466 g/mol. The van der Waals surface area contributed by atoms with Gasteiger partial charge in [-0.2, -0.15) is 0 Å². The minimum atomic E-state index is -0.614. The molecule has 31 heavy (non-hydrogen) atoms. The molecule has 0 bridgehead atoms. The third-order valence-electron chi connectivity index (χ3n) is 6.38. The molecule has 1 saturated carbocycles. The molecule has 3 aliphatic rings. The standard InChI is InChI=1S/C23H28F2N2O2S2/c1-3-5-18(24)21-20-13-26-14-27(20)19(22(21)25)12-23(30-10-4-11-31-23)16-6-8-17(9-7-16)29-15(2)28/h3,5,13-14,16-17,19H,1,4,6-12H2,2H3/b18-5+. The molecule has 1 aromatic heterocycles. The van der Waals surface area contributed by atoms with E-state index < -0.39 is 17.7 Å². The highest BCUT2D eigenvalue weighted by molar-refractivity contribution is 8.18. The molecule has 4 nitrogen and oxygen atoms in total. The van der Waals surface area contributed by atoms with Gasteiger partial charge in [-0.1, -0.05) is 12.7 Å². The van der Waals surface area contributed by atoms with Crippen molar-refractivity contribution >= 4 is 35.1 Å². The predicted octanol–water partition coefficient (Wildman–Crippen LogP) is 6.24. The van der Waals surface area contributed by atoms with Gasteiger partial charge in [-0.3, -0.25) is 4.79 Å². The molecule has 2 aliphatic heterocycles. The number of thioether (sulfide) groups is 2. The minimum Gasteiger partial charge on any atom is -0.463 e. The van der Waals surface area contributed by atoms with Crippen LogP contribution in [0.25, 0.3) is 5.57 Å². The summed E-state index contributed by atoms with van der Waals surface area (Å²) in [5.41, 5.74) is 0.486. The highest BCUT2D eigenvalue weighted by atomic mass is 32.2. The average Bonchev–Trinajstić information content (AvgIpc) is 3.31. The number of imidazole rings is 1. The third kappa shape index (κ3) is 4.51. The average molecular weight is 467 g/mol. The van der Waals surface area contributed by atoms with Crippen LogP contribution in [0.2, 0.25) is 0 Å². The van der Waals surface area contributed by atoms with Gasteiger partial charge in [0.2, 0.25) is 0 Å². The van der Waals surface area contributed by atoms with Gasteiger partial charge in [0.05, 0.1) is 33.9 Å². The summed E-state index contributed by atoms with van der Waals surface area (Å²) in [6.45, 7) is 4.98. The second-order valence-electron chi connectivity index (χ2n) is 8.32. The number of nitrogens with zero attached hydrogens (tertiary/aromatic N) is 2. The summed E-state index contributed by atoms with van der Waals surface area (Å²) >= 11 is 3.85. The molecule has 4 rings (SSSR count). The summed E-state index contributed by atoms with van der Waals surface area (Å²) in [5, 5.41) is 0. The van der Waals surface area contributed by atoms with Crippen LogP contribution in [0.4, 0.5) is 8.78 Å². The summed E-state index contributed by atoms with van der Waals surface area (Å²) in [6.07, 6.45) is 11.0. The Bertz CT molecular complexity index is 897. The van der Waals surface area contributed by atoms with E-state index in [4.69, 9.17) is 4.74 Å². The SMILES string of the molecule is C=C/C=C(/F)C1=C(F)C(CC2(C3CCC(OC(C)=O)CC3)SCCCS2)n2cncc21. The molecule has 0 amide bonds. The highest BCUT2D eigenvalue weighted by Crippen LogP contribution is 2.58. The lowest BCUT2D eigenvalue weighted by atomic mass is 9.82. The van der Waals surface area contributed by atoms with Gasteiger partial charge in [0.15, 0.2) is 0 Å². The van der Waals surface area contributed by atoms with Gasteiger partial charge in [0.25, 0.3) is 0 Å². The van der Waals surface area contributed by atoms with Crippen molar-refractivity contribution in [2.45, 2.75) is 61.7 Å². The number of ether oxygens (including phenoxy) is 1. The van der Waals surface area contributed by atoms with Gasteiger partial charge < -0.3 is 9.30 Å². The fourth-order valence-corrected chi connectivity index (χ4v) is 8.78. The van der Waals surface area contributed by atoms with Crippen molar-refractivity contribution in [3.05, 3.63) is 48.6 Å². The summed E-state index contributed by atoms with van der Waals surface area (Å²) in [7, 11) is 0. The molecule has 2 fully saturated rings. The van der Waals surface area contributed by atoms with Crippen LogP contribution in [0.3, 0.4) is 0 Å². The number of esters is 1. The van der Waals surface area contributed by atoms with Crippen LogP contribution in [0, 0.1) is 5.92 Å². The predicted molar refractivity (Wildman–Crippen MR) is 123 cm³/mol. The molecular formula is C23H28F2N2O2S2. The van der Waals surface area contributed by atoms with E-state index in [-0.39, 0.29) is 21.7 Å². The number of hydrogen-bond acceptors (Lipinski definition) is 5.